The molecule has 60 valence electrons. The van der Waals surface area contributed by atoms with Gasteiger partial charge in [-0.3, -0.25) is 0 Å². The lowest BCUT2D eigenvalue weighted by Gasteiger charge is -2.16. The zero-order chi connectivity index (χ0) is 8.04. The Labute approximate surface area is 72.8 Å². The van der Waals surface area contributed by atoms with E-state index in [9.17, 15) is 0 Å². The summed E-state index contributed by atoms with van der Waals surface area (Å²) in [5.74, 6) is 0. The molecule has 0 atom stereocenters. The molecule has 0 aliphatic rings. The zero-order valence-corrected chi connectivity index (χ0v) is 8.74. The van der Waals surface area contributed by atoms with Crippen molar-refractivity contribution < 1.29 is 0 Å². The SMILES string of the molecule is CC(C)(C)CCCC=CBr. The van der Waals surface area contributed by atoms with Crippen LogP contribution in [0.2, 0.25) is 0 Å². The average Bonchev–Trinajstić information content (AvgIpc) is 1.78. The summed E-state index contributed by atoms with van der Waals surface area (Å²) in [6, 6.07) is 0. The summed E-state index contributed by atoms with van der Waals surface area (Å²) >= 11 is 3.25. The standard InChI is InChI=1S/C9H17Br/c1-9(2,3)7-5-4-6-8-10/h6,8H,4-5,7H2,1-3H3. The molecule has 10 heavy (non-hydrogen) atoms. The number of unbranched alkanes of at least 4 members (excludes halogenated alkanes) is 1. The third-order valence-corrected chi connectivity index (χ3v) is 1.76. The highest BCUT2D eigenvalue weighted by atomic mass is 79.9. The number of halogens is 1. The molecule has 0 spiro atoms. The molecule has 0 saturated carbocycles. The Bertz CT molecular complexity index is 97.8. The van der Waals surface area contributed by atoms with Gasteiger partial charge in [0.2, 0.25) is 0 Å². The van der Waals surface area contributed by atoms with Gasteiger partial charge in [-0.15, -0.1) is 0 Å². The number of allylic oxidation sites excluding steroid dienone is 1. The van der Waals surface area contributed by atoms with Crippen molar-refractivity contribution in [1.29, 1.82) is 0 Å². The van der Waals surface area contributed by atoms with E-state index in [2.05, 4.69) is 42.8 Å². The van der Waals surface area contributed by atoms with Gasteiger partial charge in [0.25, 0.3) is 0 Å². The van der Waals surface area contributed by atoms with Crippen molar-refractivity contribution >= 4 is 15.9 Å². The molecule has 0 amide bonds. The fourth-order valence-corrected chi connectivity index (χ4v) is 1.08. The first-order valence-electron chi connectivity index (χ1n) is 3.81. The van der Waals surface area contributed by atoms with Crippen LogP contribution in [0.4, 0.5) is 0 Å². The average molecular weight is 205 g/mol. The molecular weight excluding hydrogens is 188 g/mol. The largest absolute Gasteiger partial charge is 0.0776 e. The molecule has 0 unspecified atom stereocenters. The van der Waals surface area contributed by atoms with Crippen LogP contribution in [-0.2, 0) is 0 Å². The van der Waals surface area contributed by atoms with E-state index in [1.807, 2.05) is 4.99 Å². The lowest BCUT2D eigenvalue weighted by molar-refractivity contribution is 0.367. The van der Waals surface area contributed by atoms with Crippen LogP contribution in [0.3, 0.4) is 0 Å². The second kappa shape index (κ2) is 4.95. The van der Waals surface area contributed by atoms with Crippen molar-refractivity contribution in [3.05, 3.63) is 11.1 Å². The Morgan fingerprint density at radius 2 is 1.90 bits per heavy atom. The topological polar surface area (TPSA) is 0 Å². The Morgan fingerprint density at radius 3 is 2.30 bits per heavy atom. The first-order valence-corrected chi connectivity index (χ1v) is 4.73. The minimum atomic E-state index is 0.500. The van der Waals surface area contributed by atoms with Crippen molar-refractivity contribution in [2.75, 3.05) is 0 Å². The van der Waals surface area contributed by atoms with Crippen LogP contribution in [-0.4, -0.2) is 0 Å². The Kier molecular flexibility index (Phi) is 5.06. The van der Waals surface area contributed by atoms with Gasteiger partial charge in [-0.25, -0.2) is 0 Å². The molecule has 0 fully saturated rings. The summed E-state index contributed by atoms with van der Waals surface area (Å²) in [5.41, 5.74) is 0.500. The maximum absolute atomic E-state index is 3.25. The molecule has 0 saturated heterocycles. The first-order chi connectivity index (χ1) is 4.56. The summed E-state index contributed by atoms with van der Waals surface area (Å²) in [7, 11) is 0. The second-order valence-electron chi connectivity index (χ2n) is 3.81. The normalized spacial score (nSPS) is 12.8. The van der Waals surface area contributed by atoms with Crippen LogP contribution < -0.4 is 0 Å². The summed E-state index contributed by atoms with van der Waals surface area (Å²) in [6.45, 7) is 6.85. The molecule has 0 aliphatic heterocycles. The van der Waals surface area contributed by atoms with Crippen molar-refractivity contribution in [1.82, 2.24) is 0 Å². The highest BCUT2D eigenvalue weighted by Crippen LogP contribution is 2.21. The summed E-state index contributed by atoms with van der Waals surface area (Å²) < 4.78 is 0. The van der Waals surface area contributed by atoms with Gasteiger partial charge < -0.3 is 0 Å². The zero-order valence-electron chi connectivity index (χ0n) is 7.15. The fourth-order valence-electron chi connectivity index (χ4n) is 0.813. The van der Waals surface area contributed by atoms with Crippen LogP contribution in [0.1, 0.15) is 40.0 Å². The molecule has 0 radical (unpaired) electrons. The lowest BCUT2D eigenvalue weighted by atomic mass is 9.90. The van der Waals surface area contributed by atoms with E-state index in [1.165, 1.54) is 19.3 Å². The highest BCUT2D eigenvalue weighted by molar-refractivity contribution is 9.11. The van der Waals surface area contributed by atoms with E-state index in [1.54, 1.807) is 0 Å². The van der Waals surface area contributed by atoms with Crippen molar-refractivity contribution in [3.63, 3.8) is 0 Å². The van der Waals surface area contributed by atoms with Gasteiger partial charge in [0.15, 0.2) is 0 Å². The Hall–Kier alpha value is 0.220. The number of rotatable bonds is 3. The maximum Gasteiger partial charge on any atom is -0.0229 e. The van der Waals surface area contributed by atoms with Gasteiger partial charge in [-0.2, -0.15) is 0 Å². The molecule has 0 N–H and O–H groups in total. The van der Waals surface area contributed by atoms with Crippen LogP contribution in [0.25, 0.3) is 0 Å². The molecule has 0 aromatic heterocycles. The van der Waals surface area contributed by atoms with E-state index in [0.29, 0.717) is 5.41 Å². The Balaban J connectivity index is 3.20. The second-order valence-corrected chi connectivity index (χ2v) is 4.34. The predicted molar refractivity (Wildman–Crippen MR) is 51.4 cm³/mol. The molecular formula is C9H17Br. The van der Waals surface area contributed by atoms with Crippen LogP contribution in [0.5, 0.6) is 0 Å². The highest BCUT2D eigenvalue weighted by Gasteiger charge is 2.07. The molecule has 0 aromatic rings. The number of hydrogen-bond acceptors (Lipinski definition) is 0. The van der Waals surface area contributed by atoms with E-state index in [0.717, 1.165) is 0 Å². The van der Waals surface area contributed by atoms with E-state index >= 15 is 0 Å². The summed E-state index contributed by atoms with van der Waals surface area (Å²) in [6.07, 6.45) is 5.96. The van der Waals surface area contributed by atoms with Gasteiger partial charge in [-0.05, 0) is 29.7 Å². The van der Waals surface area contributed by atoms with Crippen molar-refractivity contribution in [2.24, 2.45) is 5.41 Å². The molecule has 0 rings (SSSR count). The predicted octanol–water partition coefficient (Wildman–Crippen LogP) is 4.11. The summed E-state index contributed by atoms with van der Waals surface area (Å²) in [5, 5.41) is 0. The minimum absolute atomic E-state index is 0.500. The monoisotopic (exact) mass is 204 g/mol. The fraction of sp³-hybridized carbons (Fsp3) is 0.778. The lowest BCUT2D eigenvalue weighted by Crippen LogP contribution is -2.03. The number of hydrogen-bond donors (Lipinski definition) is 0. The maximum atomic E-state index is 3.25. The van der Waals surface area contributed by atoms with Gasteiger partial charge in [-0.1, -0.05) is 42.8 Å². The summed E-state index contributed by atoms with van der Waals surface area (Å²) in [4.78, 5) is 1.94. The van der Waals surface area contributed by atoms with Crippen molar-refractivity contribution in [3.8, 4) is 0 Å². The quantitative estimate of drug-likeness (QED) is 0.608. The first kappa shape index (κ1) is 10.2. The molecule has 1 heteroatoms. The van der Waals surface area contributed by atoms with Gasteiger partial charge >= 0.3 is 0 Å². The molecule has 0 aromatic carbocycles. The smallest absolute Gasteiger partial charge is 0.0229 e. The molecule has 0 bridgehead atoms. The Morgan fingerprint density at radius 1 is 1.30 bits per heavy atom. The third-order valence-electron chi connectivity index (χ3n) is 1.39. The van der Waals surface area contributed by atoms with Gasteiger partial charge in [0.1, 0.15) is 0 Å². The van der Waals surface area contributed by atoms with Crippen LogP contribution >= 0.6 is 15.9 Å². The van der Waals surface area contributed by atoms with E-state index in [4.69, 9.17) is 0 Å². The van der Waals surface area contributed by atoms with E-state index in [-0.39, 0.29) is 0 Å². The molecule has 0 aliphatic carbocycles. The van der Waals surface area contributed by atoms with Gasteiger partial charge in [0.05, 0.1) is 0 Å². The van der Waals surface area contributed by atoms with Crippen LogP contribution in [0.15, 0.2) is 11.1 Å². The van der Waals surface area contributed by atoms with E-state index < -0.39 is 0 Å². The van der Waals surface area contributed by atoms with Crippen LogP contribution in [0, 0.1) is 5.41 Å². The van der Waals surface area contributed by atoms with Crippen molar-refractivity contribution in [2.45, 2.75) is 40.0 Å². The molecule has 0 nitrogen and oxygen atoms in total. The molecule has 0 heterocycles. The minimum Gasteiger partial charge on any atom is -0.0776 e. The third kappa shape index (κ3) is 8.22. The van der Waals surface area contributed by atoms with Gasteiger partial charge in [0, 0.05) is 0 Å².